The number of carbonyl (C=O) groups excluding carboxylic acids is 1. The van der Waals surface area contributed by atoms with Crippen LogP contribution >= 0.6 is 11.8 Å². The summed E-state index contributed by atoms with van der Waals surface area (Å²) < 4.78 is 13.1. The molecule has 0 saturated carbocycles. The molecular weight excluding hydrogens is 263 g/mol. The van der Waals surface area contributed by atoms with Gasteiger partial charge in [-0.05, 0) is 37.1 Å². The number of aryl methyl sites for hydroxylation is 1. The summed E-state index contributed by atoms with van der Waals surface area (Å²) in [4.78, 5) is 11.6. The first-order valence-corrected chi connectivity index (χ1v) is 7.41. The van der Waals surface area contributed by atoms with E-state index < -0.39 is 0 Å². The number of nitrogens with two attached hydrogens (primary N) is 1. The van der Waals surface area contributed by atoms with Crippen LogP contribution in [0.25, 0.3) is 0 Å². The van der Waals surface area contributed by atoms with Crippen LogP contribution in [0.5, 0.6) is 0 Å². The first-order chi connectivity index (χ1) is 9.02. The Balaban J connectivity index is 2.31. The summed E-state index contributed by atoms with van der Waals surface area (Å²) in [6.45, 7) is 4.86. The highest BCUT2D eigenvalue weighted by molar-refractivity contribution is 8.00. The molecule has 0 aliphatic rings. The van der Waals surface area contributed by atoms with Gasteiger partial charge in [0.1, 0.15) is 5.82 Å². The van der Waals surface area contributed by atoms with Crippen LogP contribution in [0, 0.1) is 12.7 Å². The Labute approximate surface area is 118 Å². The van der Waals surface area contributed by atoms with E-state index in [2.05, 4.69) is 12.2 Å². The molecular formula is C14H21FN2OS. The van der Waals surface area contributed by atoms with E-state index in [1.54, 1.807) is 30.8 Å². The molecule has 0 fully saturated rings. The maximum Gasteiger partial charge on any atom is 0.230 e. The van der Waals surface area contributed by atoms with Gasteiger partial charge in [0, 0.05) is 11.8 Å². The van der Waals surface area contributed by atoms with Crippen LogP contribution in [0.15, 0.2) is 18.2 Å². The minimum atomic E-state index is -0.221. The lowest BCUT2D eigenvalue weighted by Gasteiger charge is -2.10. The molecule has 1 aromatic carbocycles. The van der Waals surface area contributed by atoms with Crippen molar-refractivity contribution >= 4 is 17.7 Å². The highest BCUT2D eigenvalue weighted by atomic mass is 32.2. The van der Waals surface area contributed by atoms with Crippen LogP contribution in [0.1, 0.15) is 24.5 Å². The quantitative estimate of drug-likeness (QED) is 0.807. The molecule has 0 aliphatic carbocycles. The SMILES string of the molecule is Cc1cc(CNC(=O)CSC(C)CCN)ccc1F. The van der Waals surface area contributed by atoms with E-state index in [4.69, 9.17) is 5.73 Å². The lowest BCUT2D eigenvalue weighted by Crippen LogP contribution is -2.25. The fourth-order valence-electron chi connectivity index (χ4n) is 1.60. The lowest BCUT2D eigenvalue weighted by atomic mass is 10.1. The number of carbonyl (C=O) groups is 1. The number of halogens is 1. The highest BCUT2D eigenvalue weighted by Gasteiger charge is 2.07. The van der Waals surface area contributed by atoms with Gasteiger partial charge in [-0.2, -0.15) is 0 Å². The largest absolute Gasteiger partial charge is 0.351 e. The summed E-state index contributed by atoms with van der Waals surface area (Å²) in [7, 11) is 0. The summed E-state index contributed by atoms with van der Waals surface area (Å²) in [5, 5.41) is 3.22. The lowest BCUT2D eigenvalue weighted by molar-refractivity contribution is -0.118. The molecule has 1 rings (SSSR count). The van der Waals surface area contributed by atoms with E-state index in [1.165, 1.54) is 6.07 Å². The van der Waals surface area contributed by atoms with Crippen molar-refractivity contribution in [1.82, 2.24) is 5.32 Å². The van der Waals surface area contributed by atoms with Crippen molar-refractivity contribution in [3.63, 3.8) is 0 Å². The van der Waals surface area contributed by atoms with E-state index in [0.29, 0.717) is 29.7 Å². The van der Waals surface area contributed by atoms with E-state index >= 15 is 0 Å². The van der Waals surface area contributed by atoms with Gasteiger partial charge >= 0.3 is 0 Å². The van der Waals surface area contributed by atoms with Crippen molar-refractivity contribution < 1.29 is 9.18 Å². The Morgan fingerprint density at radius 3 is 2.89 bits per heavy atom. The first kappa shape index (κ1) is 16.0. The van der Waals surface area contributed by atoms with Gasteiger partial charge in [0.05, 0.1) is 5.75 Å². The predicted molar refractivity (Wildman–Crippen MR) is 78.6 cm³/mol. The minimum Gasteiger partial charge on any atom is -0.351 e. The predicted octanol–water partition coefficient (Wildman–Crippen LogP) is 2.22. The zero-order chi connectivity index (χ0) is 14.3. The standard InChI is InChI=1S/C14H21FN2OS/c1-10-7-12(3-4-13(10)15)8-17-14(18)9-19-11(2)5-6-16/h3-4,7,11H,5-6,8-9,16H2,1-2H3,(H,17,18). The Bertz CT molecular complexity index is 426. The van der Waals surface area contributed by atoms with Crippen LogP contribution in [-0.2, 0) is 11.3 Å². The summed E-state index contributed by atoms with van der Waals surface area (Å²) >= 11 is 1.60. The van der Waals surface area contributed by atoms with Gasteiger partial charge in [0.2, 0.25) is 5.91 Å². The fourth-order valence-corrected chi connectivity index (χ4v) is 2.45. The van der Waals surface area contributed by atoms with Crippen molar-refractivity contribution in [2.24, 2.45) is 5.73 Å². The van der Waals surface area contributed by atoms with Crippen LogP contribution in [0.2, 0.25) is 0 Å². The zero-order valence-electron chi connectivity index (χ0n) is 11.4. The second-order valence-electron chi connectivity index (χ2n) is 4.56. The van der Waals surface area contributed by atoms with E-state index in [1.807, 2.05) is 0 Å². The molecule has 1 amide bonds. The Kier molecular flexibility index (Phi) is 6.87. The van der Waals surface area contributed by atoms with Crippen molar-refractivity contribution in [3.8, 4) is 0 Å². The molecule has 106 valence electrons. The van der Waals surface area contributed by atoms with Crippen LogP contribution in [-0.4, -0.2) is 23.5 Å². The van der Waals surface area contributed by atoms with Gasteiger partial charge in [-0.1, -0.05) is 19.1 Å². The molecule has 0 heterocycles. The summed E-state index contributed by atoms with van der Waals surface area (Å²) in [5.41, 5.74) is 6.96. The monoisotopic (exact) mass is 284 g/mol. The maximum atomic E-state index is 13.1. The second kappa shape index (κ2) is 8.17. The number of rotatable bonds is 7. The summed E-state index contributed by atoms with van der Waals surface area (Å²) in [5.74, 6) is 0.207. The smallest absolute Gasteiger partial charge is 0.230 e. The summed E-state index contributed by atoms with van der Waals surface area (Å²) in [6, 6.07) is 4.86. The molecule has 0 saturated heterocycles. The second-order valence-corrected chi connectivity index (χ2v) is 5.99. The molecule has 1 aromatic rings. The van der Waals surface area contributed by atoms with Crippen LogP contribution in [0.4, 0.5) is 4.39 Å². The molecule has 3 nitrogen and oxygen atoms in total. The third-order valence-corrected chi connectivity index (χ3v) is 4.02. The molecule has 3 N–H and O–H groups in total. The average molecular weight is 284 g/mol. The molecule has 0 spiro atoms. The van der Waals surface area contributed by atoms with Crippen molar-refractivity contribution in [3.05, 3.63) is 35.1 Å². The topological polar surface area (TPSA) is 55.1 Å². The van der Waals surface area contributed by atoms with Gasteiger partial charge in [-0.15, -0.1) is 11.8 Å². The van der Waals surface area contributed by atoms with Crippen LogP contribution in [0.3, 0.4) is 0 Å². The van der Waals surface area contributed by atoms with Gasteiger partial charge in [-0.3, -0.25) is 4.79 Å². The molecule has 0 aromatic heterocycles. The van der Waals surface area contributed by atoms with E-state index in [9.17, 15) is 9.18 Å². The molecule has 5 heteroatoms. The van der Waals surface area contributed by atoms with E-state index in [0.717, 1.165) is 12.0 Å². The number of hydrogen-bond donors (Lipinski definition) is 2. The number of thioether (sulfide) groups is 1. The third-order valence-electron chi connectivity index (χ3n) is 2.78. The number of amides is 1. The van der Waals surface area contributed by atoms with Gasteiger partial charge < -0.3 is 11.1 Å². The fraction of sp³-hybridized carbons (Fsp3) is 0.500. The molecule has 0 radical (unpaired) electrons. The Morgan fingerprint density at radius 1 is 1.53 bits per heavy atom. The van der Waals surface area contributed by atoms with Crippen molar-refractivity contribution in [1.29, 1.82) is 0 Å². The number of nitrogens with one attached hydrogen (secondary N) is 1. The molecule has 19 heavy (non-hydrogen) atoms. The maximum absolute atomic E-state index is 13.1. The minimum absolute atomic E-state index is 0.00384. The average Bonchev–Trinajstić information content (AvgIpc) is 2.38. The Hall–Kier alpha value is -1.07. The third kappa shape index (κ3) is 6.07. The molecule has 1 atom stereocenters. The first-order valence-electron chi connectivity index (χ1n) is 6.36. The number of hydrogen-bond acceptors (Lipinski definition) is 3. The molecule has 0 aliphatic heterocycles. The van der Waals surface area contributed by atoms with Gasteiger partial charge in [0.15, 0.2) is 0 Å². The van der Waals surface area contributed by atoms with Crippen molar-refractivity contribution in [2.45, 2.75) is 32.1 Å². The zero-order valence-corrected chi connectivity index (χ0v) is 12.2. The van der Waals surface area contributed by atoms with Crippen molar-refractivity contribution in [2.75, 3.05) is 12.3 Å². The molecule has 1 unspecified atom stereocenters. The molecule has 0 bridgehead atoms. The number of benzene rings is 1. The Morgan fingerprint density at radius 2 is 2.26 bits per heavy atom. The van der Waals surface area contributed by atoms with Crippen LogP contribution < -0.4 is 11.1 Å². The highest BCUT2D eigenvalue weighted by Crippen LogP contribution is 2.13. The summed E-state index contributed by atoms with van der Waals surface area (Å²) in [6.07, 6.45) is 0.912. The normalized spacial score (nSPS) is 12.2. The van der Waals surface area contributed by atoms with E-state index in [-0.39, 0.29) is 11.7 Å². The van der Waals surface area contributed by atoms with Gasteiger partial charge in [0.25, 0.3) is 0 Å². The van der Waals surface area contributed by atoms with Gasteiger partial charge in [-0.25, -0.2) is 4.39 Å².